The Morgan fingerprint density at radius 1 is 1.02 bits per heavy atom. The lowest BCUT2D eigenvalue weighted by atomic mass is 10.00. The van der Waals surface area contributed by atoms with Crippen molar-refractivity contribution in [1.29, 1.82) is 0 Å². The Bertz CT molecular complexity index is 1290. The molecule has 2 atom stereocenters. The summed E-state index contributed by atoms with van der Waals surface area (Å²) >= 11 is 12.2. The van der Waals surface area contributed by atoms with Gasteiger partial charge in [-0.2, -0.15) is 0 Å². The van der Waals surface area contributed by atoms with Crippen LogP contribution in [-0.4, -0.2) is 57.7 Å². The molecule has 0 saturated carbocycles. The van der Waals surface area contributed by atoms with E-state index in [1.807, 2.05) is 37.3 Å². The van der Waals surface area contributed by atoms with Gasteiger partial charge in [0.2, 0.25) is 0 Å². The van der Waals surface area contributed by atoms with Crippen molar-refractivity contribution in [2.24, 2.45) is 0 Å². The number of nitrogens with zero attached hydrogens (tertiary/aromatic N) is 1. The molecule has 3 aromatic rings. The van der Waals surface area contributed by atoms with Crippen LogP contribution < -0.4 is 19.7 Å². The van der Waals surface area contributed by atoms with Gasteiger partial charge in [0, 0.05) is 41.3 Å². The zero-order valence-electron chi connectivity index (χ0n) is 22.9. The largest absolute Gasteiger partial charge is 0.494 e. The summed E-state index contributed by atoms with van der Waals surface area (Å²) in [5.74, 6) is 0.341. The molecule has 3 aromatic carbocycles. The molecule has 8 nitrogen and oxygen atoms in total. The molecule has 0 aliphatic carbocycles. The molecular formula is C30H37Cl2N3O5S. The van der Waals surface area contributed by atoms with Crippen molar-refractivity contribution in [3.05, 3.63) is 93.5 Å². The van der Waals surface area contributed by atoms with Crippen LogP contribution in [0.15, 0.2) is 66.7 Å². The Morgan fingerprint density at radius 2 is 1.76 bits per heavy atom. The first-order valence-corrected chi connectivity index (χ1v) is 16.1. The molecule has 1 fully saturated rings. The molecular weight excluding hydrogens is 585 g/mol. The van der Waals surface area contributed by atoms with E-state index in [1.165, 1.54) is 0 Å². The fraction of sp³-hybridized carbons (Fsp3) is 0.367. The molecule has 0 unspecified atom stereocenters. The Hall–Kier alpha value is -2.50. The van der Waals surface area contributed by atoms with E-state index in [2.05, 4.69) is 10.6 Å². The van der Waals surface area contributed by atoms with Crippen LogP contribution in [0.1, 0.15) is 41.3 Å². The molecule has 1 amide bonds. The van der Waals surface area contributed by atoms with Crippen LogP contribution in [0.3, 0.4) is 0 Å². The highest BCUT2D eigenvalue weighted by atomic mass is 35.5. The fourth-order valence-corrected chi connectivity index (χ4v) is 7.08. The first-order valence-electron chi connectivity index (χ1n) is 13.6. The summed E-state index contributed by atoms with van der Waals surface area (Å²) < 4.78 is 28.7. The third-order valence-electron chi connectivity index (χ3n) is 6.82. The number of rotatable bonds is 12. The Labute approximate surface area is 253 Å². The summed E-state index contributed by atoms with van der Waals surface area (Å²) in [4.78, 5) is 13.6. The zero-order valence-corrected chi connectivity index (χ0v) is 25.3. The highest BCUT2D eigenvalue weighted by Gasteiger charge is 2.29. The van der Waals surface area contributed by atoms with Gasteiger partial charge in [-0.05, 0) is 67.6 Å². The highest BCUT2D eigenvalue weighted by Crippen LogP contribution is 2.50. The maximum absolute atomic E-state index is 13.6. The Morgan fingerprint density at radius 3 is 2.44 bits per heavy atom. The second kappa shape index (κ2) is 14.6. The van der Waals surface area contributed by atoms with Crippen LogP contribution >= 0.6 is 34.0 Å². The molecule has 11 heteroatoms. The predicted molar refractivity (Wildman–Crippen MR) is 167 cm³/mol. The second-order valence-corrected chi connectivity index (χ2v) is 13.0. The van der Waals surface area contributed by atoms with Crippen molar-refractivity contribution in [1.82, 2.24) is 10.6 Å². The number of hydrogen-bond acceptors (Lipinski definition) is 7. The van der Waals surface area contributed by atoms with E-state index in [0.29, 0.717) is 53.2 Å². The Kier molecular flexibility index (Phi) is 11.2. The minimum absolute atomic E-state index is 0.209. The number of aliphatic hydroxyl groups excluding tert-OH is 1. The first kappa shape index (κ1) is 31.4. The molecule has 0 aromatic heterocycles. The number of carbonyl (C=O) groups excluding carboxylic acids is 1. The minimum Gasteiger partial charge on any atom is -0.494 e. The van der Waals surface area contributed by atoms with E-state index >= 15 is 0 Å². The van der Waals surface area contributed by atoms with Crippen molar-refractivity contribution >= 4 is 45.6 Å². The number of carbonyl (C=O) groups is 1. The van der Waals surface area contributed by atoms with Gasteiger partial charge >= 0.3 is 0 Å². The molecule has 0 radical (unpaired) electrons. The van der Waals surface area contributed by atoms with Crippen LogP contribution in [0, 0.1) is 0 Å². The molecule has 1 aliphatic rings. The highest BCUT2D eigenvalue weighted by molar-refractivity contribution is 8.25. The number of ether oxygens (including phenoxy) is 1. The molecule has 0 spiro atoms. The van der Waals surface area contributed by atoms with Crippen molar-refractivity contribution in [2.75, 3.05) is 29.8 Å². The molecule has 41 heavy (non-hydrogen) atoms. The van der Waals surface area contributed by atoms with Crippen LogP contribution in [0.5, 0.6) is 5.75 Å². The SMILES string of the molecule is CCOc1cc(C(=O)N[C@@H](Cc2ccccc2)[C@@H](O)CNCc2cc(Cl)cc(Cl)c2)cc(N2CCCCS2(O)O)c1. The summed E-state index contributed by atoms with van der Waals surface area (Å²) in [5.41, 5.74) is 2.66. The standard InChI is InChI=1S/C30H37Cl2N3O5S/c1-2-40-27-16-23(15-26(18-27)35-10-6-7-11-41(35,38)39)30(37)34-28(14-21-8-4-3-5-9-21)29(36)20-33-19-22-12-24(31)17-25(32)13-22/h3-5,8-9,12-13,15-18,28-29,33,36,38-39H,2,6-7,10-11,14,19-20H2,1H3,(H,34,37)/t28-,29-/m0/s1. The zero-order chi connectivity index (χ0) is 29.4. The van der Waals surface area contributed by atoms with Gasteiger partial charge in [-0.3, -0.25) is 18.2 Å². The van der Waals surface area contributed by atoms with E-state index in [-0.39, 0.29) is 12.3 Å². The van der Waals surface area contributed by atoms with E-state index in [9.17, 15) is 19.0 Å². The smallest absolute Gasteiger partial charge is 0.251 e. The lowest BCUT2D eigenvalue weighted by Gasteiger charge is -2.47. The van der Waals surface area contributed by atoms with Crippen LogP contribution in [-0.2, 0) is 13.0 Å². The normalized spacial score (nSPS) is 17.0. The molecule has 4 rings (SSSR count). The quantitative estimate of drug-likeness (QED) is 0.165. The van der Waals surface area contributed by atoms with Gasteiger partial charge in [0.1, 0.15) is 5.75 Å². The van der Waals surface area contributed by atoms with Crippen molar-refractivity contribution < 1.29 is 23.7 Å². The van der Waals surface area contributed by atoms with Gasteiger partial charge in [0.25, 0.3) is 5.91 Å². The number of amides is 1. The summed E-state index contributed by atoms with van der Waals surface area (Å²) in [6, 6.07) is 19.3. The van der Waals surface area contributed by atoms with E-state index < -0.39 is 28.8 Å². The number of hydrogen-bond donors (Lipinski definition) is 5. The first-order chi connectivity index (χ1) is 19.6. The van der Waals surface area contributed by atoms with Gasteiger partial charge < -0.3 is 20.5 Å². The Balaban J connectivity index is 1.53. The van der Waals surface area contributed by atoms with E-state index in [0.717, 1.165) is 24.0 Å². The van der Waals surface area contributed by atoms with Crippen molar-refractivity contribution in [3.8, 4) is 5.75 Å². The van der Waals surface area contributed by atoms with E-state index in [1.54, 1.807) is 40.7 Å². The van der Waals surface area contributed by atoms with Crippen LogP contribution in [0.4, 0.5) is 5.69 Å². The van der Waals surface area contributed by atoms with E-state index in [4.69, 9.17) is 27.9 Å². The minimum atomic E-state index is -2.99. The average molecular weight is 623 g/mol. The topological polar surface area (TPSA) is 114 Å². The number of benzene rings is 3. The van der Waals surface area contributed by atoms with Crippen molar-refractivity contribution in [3.63, 3.8) is 0 Å². The fourth-order valence-electron chi connectivity index (χ4n) is 4.84. The second-order valence-electron chi connectivity index (χ2n) is 10.0. The number of halogens is 2. The number of anilines is 1. The maximum Gasteiger partial charge on any atom is 0.251 e. The lowest BCUT2D eigenvalue weighted by molar-refractivity contribution is 0.0829. The number of aliphatic hydroxyl groups is 1. The third-order valence-corrected chi connectivity index (χ3v) is 9.19. The van der Waals surface area contributed by atoms with Gasteiger partial charge in [0.15, 0.2) is 0 Å². The predicted octanol–water partition coefficient (Wildman–Crippen LogP) is 6.15. The lowest BCUT2D eigenvalue weighted by Crippen LogP contribution is -2.48. The van der Waals surface area contributed by atoms with Crippen LogP contribution in [0.2, 0.25) is 10.0 Å². The molecule has 1 saturated heterocycles. The summed E-state index contributed by atoms with van der Waals surface area (Å²) in [7, 11) is -2.99. The third kappa shape index (κ3) is 8.99. The van der Waals surface area contributed by atoms with Gasteiger partial charge in [-0.25, -0.2) is 0 Å². The summed E-state index contributed by atoms with van der Waals surface area (Å²) in [6.45, 7) is 3.35. The monoisotopic (exact) mass is 621 g/mol. The molecule has 222 valence electrons. The van der Waals surface area contributed by atoms with Crippen molar-refractivity contribution in [2.45, 2.75) is 44.9 Å². The van der Waals surface area contributed by atoms with Gasteiger partial charge in [-0.1, -0.05) is 53.5 Å². The summed E-state index contributed by atoms with van der Waals surface area (Å²) in [6.07, 6.45) is 1.03. The number of nitrogens with one attached hydrogen (secondary N) is 2. The maximum atomic E-state index is 13.6. The van der Waals surface area contributed by atoms with Crippen LogP contribution in [0.25, 0.3) is 0 Å². The summed E-state index contributed by atoms with van der Waals surface area (Å²) in [5, 5.41) is 18.5. The van der Waals surface area contributed by atoms with Gasteiger partial charge in [-0.15, -0.1) is 10.8 Å². The molecule has 1 aliphatic heterocycles. The average Bonchev–Trinajstić information content (AvgIpc) is 2.92. The molecule has 5 N–H and O–H groups in total. The molecule has 0 bridgehead atoms. The van der Waals surface area contributed by atoms with Gasteiger partial charge in [0.05, 0.1) is 30.2 Å². The molecule has 1 heterocycles.